The third kappa shape index (κ3) is 6.04. The lowest BCUT2D eigenvalue weighted by Crippen LogP contribution is -2.50. The number of urea groups is 1. The van der Waals surface area contributed by atoms with E-state index in [0.29, 0.717) is 19.5 Å². The molecule has 1 N–H and O–H groups in total. The first-order valence-corrected chi connectivity index (χ1v) is 9.81. The largest absolute Gasteiger partial charge is 0.390 e. The Bertz CT molecular complexity index is 870. The third-order valence-corrected chi connectivity index (χ3v) is 4.60. The molecule has 3 rings (SSSR count). The van der Waals surface area contributed by atoms with Crippen molar-refractivity contribution in [3.63, 3.8) is 0 Å². The number of carbonyl (C=O) groups is 1. The van der Waals surface area contributed by atoms with Crippen molar-refractivity contribution in [3.8, 4) is 0 Å². The molecular weight excluding hydrogens is 369 g/mol. The second kappa shape index (κ2) is 8.64. The molecule has 5 nitrogen and oxygen atoms in total. The van der Waals surface area contributed by atoms with Crippen molar-refractivity contribution in [1.29, 1.82) is 0 Å². The van der Waals surface area contributed by atoms with Crippen molar-refractivity contribution in [2.75, 3.05) is 6.54 Å². The molecule has 0 fully saturated rings. The predicted molar refractivity (Wildman–Crippen MR) is 112 cm³/mol. The second-order valence-corrected chi connectivity index (χ2v) is 8.52. The standard InChI is InChI=1S/C23H28FN3O2/c1-16-5-9-18(10-6-16)21-13-20(29-26-21)15-27(22(28)25-23(2,3)4)14-17-7-11-19(24)12-8-17/h5-12,20H,13-15H2,1-4H3,(H,25,28)/t20-/m0/s1. The number of aryl methyl sites for hydroxylation is 1. The number of carbonyl (C=O) groups excluding carboxylic acids is 1. The number of nitrogens with one attached hydrogen (secondary N) is 1. The van der Waals surface area contributed by atoms with Gasteiger partial charge in [-0.05, 0) is 51.0 Å². The zero-order valence-electron chi connectivity index (χ0n) is 17.4. The summed E-state index contributed by atoms with van der Waals surface area (Å²) in [5.74, 6) is -0.297. The van der Waals surface area contributed by atoms with E-state index in [0.717, 1.165) is 16.8 Å². The average molecular weight is 397 g/mol. The summed E-state index contributed by atoms with van der Waals surface area (Å²) in [6, 6.07) is 14.2. The first-order chi connectivity index (χ1) is 13.7. The highest BCUT2D eigenvalue weighted by Crippen LogP contribution is 2.19. The van der Waals surface area contributed by atoms with E-state index < -0.39 is 0 Å². The Kier molecular flexibility index (Phi) is 6.20. The van der Waals surface area contributed by atoms with Gasteiger partial charge in [0.25, 0.3) is 0 Å². The van der Waals surface area contributed by atoms with Gasteiger partial charge in [-0.1, -0.05) is 47.1 Å². The Balaban J connectivity index is 1.68. The lowest BCUT2D eigenvalue weighted by atomic mass is 10.0. The first-order valence-electron chi connectivity index (χ1n) is 9.81. The quantitative estimate of drug-likeness (QED) is 0.799. The monoisotopic (exact) mass is 397 g/mol. The maximum Gasteiger partial charge on any atom is 0.318 e. The number of nitrogens with zero attached hydrogens (tertiary/aromatic N) is 2. The molecule has 0 unspecified atom stereocenters. The average Bonchev–Trinajstić information content (AvgIpc) is 3.11. The van der Waals surface area contributed by atoms with Gasteiger partial charge in [0.05, 0.1) is 12.3 Å². The summed E-state index contributed by atoms with van der Waals surface area (Å²) in [6.07, 6.45) is 0.406. The molecule has 2 aromatic rings. The fourth-order valence-corrected chi connectivity index (χ4v) is 3.12. The third-order valence-electron chi connectivity index (χ3n) is 4.60. The molecule has 1 heterocycles. The smallest absolute Gasteiger partial charge is 0.318 e. The summed E-state index contributed by atoms with van der Waals surface area (Å²) in [4.78, 5) is 20.2. The van der Waals surface area contributed by atoms with E-state index >= 15 is 0 Å². The van der Waals surface area contributed by atoms with Crippen LogP contribution in [-0.4, -0.2) is 34.8 Å². The Morgan fingerprint density at radius 2 is 1.83 bits per heavy atom. The van der Waals surface area contributed by atoms with Crippen LogP contribution in [0, 0.1) is 12.7 Å². The molecule has 29 heavy (non-hydrogen) atoms. The van der Waals surface area contributed by atoms with Crippen molar-refractivity contribution >= 4 is 11.7 Å². The zero-order chi connectivity index (χ0) is 21.0. The van der Waals surface area contributed by atoms with Crippen molar-refractivity contribution in [2.24, 2.45) is 5.16 Å². The lowest BCUT2D eigenvalue weighted by Gasteiger charge is -2.29. The van der Waals surface area contributed by atoms with Crippen LogP contribution in [0.15, 0.2) is 53.7 Å². The van der Waals surface area contributed by atoms with Gasteiger partial charge in [0.15, 0.2) is 6.10 Å². The fourth-order valence-electron chi connectivity index (χ4n) is 3.12. The van der Waals surface area contributed by atoms with Gasteiger partial charge < -0.3 is 15.1 Å². The van der Waals surface area contributed by atoms with E-state index in [4.69, 9.17) is 4.84 Å². The summed E-state index contributed by atoms with van der Waals surface area (Å²) in [7, 11) is 0. The molecule has 0 radical (unpaired) electrons. The van der Waals surface area contributed by atoms with Crippen LogP contribution in [0.5, 0.6) is 0 Å². The van der Waals surface area contributed by atoms with Gasteiger partial charge in [-0.2, -0.15) is 0 Å². The van der Waals surface area contributed by atoms with E-state index in [-0.39, 0.29) is 23.5 Å². The minimum atomic E-state index is -0.363. The predicted octanol–water partition coefficient (Wildman–Crippen LogP) is 4.64. The zero-order valence-corrected chi connectivity index (χ0v) is 17.4. The van der Waals surface area contributed by atoms with Crippen molar-refractivity contribution < 1.29 is 14.0 Å². The summed E-state index contributed by atoms with van der Waals surface area (Å²) < 4.78 is 13.2. The van der Waals surface area contributed by atoms with Crippen molar-refractivity contribution in [3.05, 3.63) is 71.0 Å². The maximum absolute atomic E-state index is 13.2. The molecule has 2 amide bonds. The summed E-state index contributed by atoms with van der Waals surface area (Å²) in [6.45, 7) is 8.60. The fraction of sp³-hybridized carbons (Fsp3) is 0.391. The number of amides is 2. The van der Waals surface area contributed by atoms with Gasteiger partial charge in [0.1, 0.15) is 5.82 Å². The van der Waals surface area contributed by atoms with E-state index in [1.807, 2.05) is 52.0 Å². The van der Waals surface area contributed by atoms with E-state index in [1.165, 1.54) is 17.7 Å². The minimum Gasteiger partial charge on any atom is -0.390 e. The number of hydrogen-bond acceptors (Lipinski definition) is 3. The Morgan fingerprint density at radius 3 is 2.45 bits per heavy atom. The van der Waals surface area contributed by atoms with E-state index in [1.54, 1.807) is 17.0 Å². The highest BCUT2D eigenvalue weighted by atomic mass is 19.1. The highest BCUT2D eigenvalue weighted by Gasteiger charge is 2.28. The molecule has 0 bridgehead atoms. The first kappa shape index (κ1) is 20.8. The molecule has 0 saturated heterocycles. The van der Waals surface area contributed by atoms with Crippen LogP contribution in [-0.2, 0) is 11.4 Å². The van der Waals surface area contributed by atoms with Gasteiger partial charge in [0.2, 0.25) is 0 Å². The second-order valence-electron chi connectivity index (χ2n) is 8.52. The summed E-state index contributed by atoms with van der Waals surface area (Å²) >= 11 is 0. The molecule has 0 aliphatic carbocycles. The Morgan fingerprint density at radius 1 is 1.17 bits per heavy atom. The van der Waals surface area contributed by atoms with Crippen LogP contribution in [0.2, 0.25) is 0 Å². The summed E-state index contributed by atoms with van der Waals surface area (Å²) in [5, 5.41) is 7.23. The topological polar surface area (TPSA) is 53.9 Å². The lowest BCUT2D eigenvalue weighted by molar-refractivity contribution is 0.0580. The molecule has 1 aliphatic heterocycles. The van der Waals surface area contributed by atoms with Gasteiger partial charge in [-0.3, -0.25) is 0 Å². The maximum atomic E-state index is 13.2. The molecular formula is C23H28FN3O2. The minimum absolute atomic E-state index is 0.186. The van der Waals surface area contributed by atoms with Crippen LogP contribution < -0.4 is 5.32 Å². The molecule has 2 aromatic carbocycles. The van der Waals surface area contributed by atoms with Gasteiger partial charge in [-0.15, -0.1) is 0 Å². The van der Waals surface area contributed by atoms with Crippen LogP contribution in [0.3, 0.4) is 0 Å². The van der Waals surface area contributed by atoms with Crippen LogP contribution in [0.25, 0.3) is 0 Å². The summed E-state index contributed by atoms with van der Waals surface area (Å²) in [5.41, 5.74) is 3.59. The molecule has 0 aromatic heterocycles. The van der Waals surface area contributed by atoms with Crippen LogP contribution >= 0.6 is 0 Å². The van der Waals surface area contributed by atoms with Crippen molar-refractivity contribution in [1.82, 2.24) is 10.2 Å². The highest BCUT2D eigenvalue weighted by molar-refractivity contribution is 6.01. The Hall–Kier alpha value is -2.89. The molecule has 0 saturated carbocycles. The number of halogens is 1. The van der Waals surface area contributed by atoms with E-state index in [9.17, 15) is 9.18 Å². The van der Waals surface area contributed by atoms with Gasteiger partial charge in [0, 0.05) is 18.5 Å². The van der Waals surface area contributed by atoms with Crippen LogP contribution in [0.1, 0.15) is 43.9 Å². The van der Waals surface area contributed by atoms with Crippen LogP contribution in [0.4, 0.5) is 9.18 Å². The molecule has 0 spiro atoms. The number of rotatable bonds is 5. The SMILES string of the molecule is Cc1ccc(C2=NO[C@H](CN(Cc3ccc(F)cc3)C(=O)NC(C)(C)C)C2)cc1. The molecule has 1 aliphatic rings. The van der Waals surface area contributed by atoms with Gasteiger partial charge in [-0.25, -0.2) is 9.18 Å². The van der Waals surface area contributed by atoms with E-state index in [2.05, 4.69) is 10.5 Å². The molecule has 1 atom stereocenters. The molecule has 6 heteroatoms. The number of hydrogen-bond donors (Lipinski definition) is 1. The number of oxime groups is 1. The van der Waals surface area contributed by atoms with Gasteiger partial charge >= 0.3 is 6.03 Å². The Labute approximate surface area is 171 Å². The normalized spacial score (nSPS) is 16.2. The van der Waals surface area contributed by atoms with Crippen molar-refractivity contribution in [2.45, 2.75) is 52.3 Å². The number of benzene rings is 2. The molecule has 154 valence electrons.